The maximum atomic E-state index is 13.6. The Kier molecular flexibility index (Phi) is 14.0. The Morgan fingerprint density at radius 3 is 2.34 bits per heavy atom. The van der Waals surface area contributed by atoms with Crippen LogP contribution in [0.2, 0.25) is 0 Å². The Bertz CT molecular complexity index is 1060. The summed E-state index contributed by atoms with van der Waals surface area (Å²) in [6.45, 7) is 20.1. The first-order chi connectivity index (χ1) is 19.0. The first-order valence-electron chi connectivity index (χ1n) is 14.1. The summed E-state index contributed by atoms with van der Waals surface area (Å²) in [6.07, 6.45) is 9.87. The molecule has 0 spiro atoms. The molecule has 0 aliphatic heterocycles. The number of allylic oxidation sites excluding steroid dienone is 2. The molecule has 1 aromatic rings. The van der Waals surface area contributed by atoms with Crippen molar-refractivity contribution in [2.75, 3.05) is 6.61 Å². The first kappa shape index (κ1) is 35.6. The van der Waals surface area contributed by atoms with Crippen molar-refractivity contribution in [1.82, 2.24) is 14.9 Å². The quantitative estimate of drug-likeness (QED) is 0.103. The number of amides is 1. The number of hydrogen-bond acceptors (Lipinski definition) is 8. The Hall–Kier alpha value is -3.43. The van der Waals surface area contributed by atoms with Crippen molar-refractivity contribution in [3.8, 4) is 0 Å². The fourth-order valence-electron chi connectivity index (χ4n) is 4.14. The monoisotopic (exact) mass is 574 g/mol. The summed E-state index contributed by atoms with van der Waals surface area (Å²) >= 11 is 0. The number of esters is 2. The lowest BCUT2D eigenvalue weighted by atomic mass is 9.86. The number of imidazole rings is 1. The third kappa shape index (κ3) is 12.7. The number of aromatic nitrogens is 2. The standard InChI is InChI=1S/C31H50N4O6/c1-12-14-15-26(21(3)33-19-34-29(38)41-31(8,9)10)22(4)40-27(36)25(13-2)23(16-24-17-32-20-35(24)11)18-39-28(37)30(5,6)7/h12,14-15,17,19-23,25-26H,1,13,16,18H2,2-11H3,(H,33,34,38)/b15-14-/t21?,22-,23-,25?,26+/m0/s1. The van der Waals surface area contributed by atoms with Gasteiger partial charge in [-0.05, 0) is 68.2 Å². The third-order valence-electron chi connectivity index (χ3n) is 6.50. The van der Waals surface area contributed by atoms with Crippen LogP contribution in [-0.2, 0) is 37.3 Å². The van der Waals surface area contributed by atoms with Crippen LogP contribution in [0.3, 0.4) is 0 Å². The lowest BCUT2D eigenvalue weighted by molar-refractivity contribution is -0.163. The van der Waals surface area contributed by atoms with Crippen molar-refractivity contribution < 1.29 is 28.6 Å². The van der Waals surface area contributed by atoms with Crippen molar-refractivity contribution in [3.63, 3.8) is 0 Å². The van der Waals surface area contributed by atoms with Crippen LogP contribution in [-0.4, -0.2) is 58.3 Å². The number of aliphatic imine (C=N–C) groups is 1. The highest BCUT2D eigenvalue weighted by Crippen LogP contribution is 2.27. The van der Waals surface area contributed by atoms with E-state index in [2.05, 4.69) is 21.9 Å². The van der Waals surface area contributed by atoms with E-state index in [9.17, 15) is 14.4 Å². The van der Waals surface area contributed by atoms with Gasteiger partial charge in [0.05, 0.1) is 36.6 Å². The number of nitrogens with zero attached hydrogens (tertiary/aromatic N) is 3. The van der Waals surface area contributed by atoms with Crippen molar-refractivity contribution in [3.05, 3.63) is 43.0 Å². The minimum Gasteiger partial charge on any atom is -0.465 e. The van der Waals surface area contributed by atoms with E-state index in [-0.39, 0.29) is 36.4 Å². The van der Waals surface area contributed by atoms with E-state index in [1.54, 1.807) is 66.2 Å². The number of ether oxygens (including phenoxy) is 3. The van der Waals surface area contributed by atoms with Crippen molar-refractivity contribution in [1.29, 1.82) is 0 Å². The molecule has 41 heavy (non-hydrogen) atoms. The number of alkyl carbamates (subject to hydrolysis) is 1. The van der Waals surface area contributed by atoms with Gasteiger partial charge in [0, 0.05) is 30.8 Å². The van der Waals surface area contributed by atoms with Gasteiger partial charge in [-0.2, -0.15) is 0 Å². The van der Waals surface area contributed by atoms with Gasteiger partial charge in [-0.25, -0.2) is 9.78 Å². The molecule has 0 radical (unpaired) electrons. The van der Waals surface area contributed by atoms with Crippen LogP contribution in [0.1, 0.15) is 74.4 Å². The van der Waals surface area contributed by atoms with Crippen molar-refractivity contribution in [2.24, 2.45) is 35.2 Å². The van der Waals surface area contributed by atoms with Gasteiger partial charge in [-0.3, -0.25) is 19.9 Å². The number of hydrogen-bond donors (Lipinski definition) is 1. The molecule has 1 heterocycles. The van der Waals surface area contributed by atoms with Crippen LogP contribution < -0.4 is 5.32 Å². The van der Waals surface area contributed by atoms with Crippen LogP contribution in [0.15, 0.2) is 42.3 Å². The number of carbonyl (C=O) groups is 3. The Labute approximate surface area is 245 Å². The van der Waals surface area contributed by atoms with Crippen LogP contribution in [0.5, 0.6) is 0 Å². The molecule has 2 unspecified atom stereocenters. The zero-order valence-corrected chi connectivity index (χ0v) is 26.5. The first-order valence-corrected chi connectivity index (χ1v) is 14.1. The molecule has 230 valence electrons. The Balaban J connectivity index is 3.08. The maximum absolute atomic E-state index is 13.6. The highest BCUT2D eigenvalue weighted by molar-refractivity contribution is 5.82. The molecular weight excluding hydrogens is 524 g/mol. The summed E-state index contributed by atoms with van der Waals surface area (Å²) in [5.41, 5.74) is -0.363. The smallest absolute Gasteiger partial charge is 0.412 e. The summed E-state index contributed by atoms with van der Waals surface area (Å²) in [6, 6.07) is -0.345. The normalized spacial score (nSPS) is 16.0. The van der Waals surface area contributed by atoms with E-state index in [4.69, 9.17) is 14.2 Å². The minimum atomic E-state index is -0.659. The molecule has 0 aliphatic rings. The largest absolute Gasteiger partial charge is 0.465 e. The van der Waals surface area contributed by atoms with Gasteiger partial charge in [0.2, 0.25) is 0 Å². The number of aryl methyl sites for hydroxylation is 1. The highest BCUT2D eigenvalue weighted by atomic mass is 16.6. The molecule has 1 rings (SSSR count). The summed E-state index contributed by atoms with van der Waals surface area (Å²) in [5, 5.41) is 2.51. The molecule has 0 aliphatic carbocycles. The van der Waals surface area contributed by atoms with E-state index in [0.717, 1.165) is 5.69 Å². The topological polar surface area (TPSA) is 121 Å². The van der Waals surface area contributed by atoms with Crippen LogP contribution in [0.4, 0.5) is 4.79 Å². The van der Waals surface area contributed by atoms with E-state index in [1.165, 1.54) is 6.34 Å². The van der Waals surface area contributed by atoms with Gasteiger partial charge in [0.1, 0.15) is 11.7 Å². The second-order valence-electron chi connectivity index (χ2n) is 12.3. The van der Waals surface area contributed by atoms with E-state index in [0.29, 0.717) is 12.8 Å². The highest BCUT2D eigenvalue weighted by Gasteiger charge is 2.34. The molecule has 0 aromatic carbocycles. The van der Waals surface area contributed by atoms with Crippen LogP contribution >= 0.6 is 0 Å². The van der Waals surface area contributed by atoms with Gasteiger partial charge in [-0.1, -0.05) is 31.7 Å². The number of nitrogens with one attached hydrogen (secondary N) is 1. The molecule has 10 heteroatoms. The zero-order chi connectivity index (χ0) is 31.4. The fraction of sp³-hybridized carbons (Fsp3) is 0.645. The average molecular weight is 575 g/mol. The van der Waals surface area contributed by atoms with Gasteiger partial charge in [-0.15, -0.1) is 0 Å². The minimum absolute atomic E-state index is 0.0834. The second kappa shape index (κ2) is 16.1. The van der Waals surface area contributed by atoms with Crippen molar-refractivity contribution >= 4 is 24.4 Å². The molecule has 10 nitrogen and oxygen atoms in total. The maximum Gasteiger partial charge on any atom is 0.412 e. The molecule has 0 fully saturated rings. The molecular formula is C31H50N4O6. The van der Waals surface area contributed by atoms with E-state index < -0.39 is 29.1 Å². The summed E-state index contributed by atoms with van der Waals surface area (Å²) in [4.78, 5) is 46.7. The molecule has 1 N–H and O–H groups in total. The predicted molar refractivity (Wildman–Crippen MR) is 160 cm³/mol. The van der Waals surface area contributed by atoms with E-state index >= 15 is 0 Å². The Morgan fingerprint density at radius 2 is 1.83 bits per heavy atom. The molecule has 0 saturated heterocycles. The SMILES string of the molecule is C=C/C=C\[C@H](C(C)/N=C\NC(=O)OC(C)(C)C)[C@H](C)OC(=O)C(CC)[C@H](COC(=O)C(C)(C)C)Cc1cncn1C. The van der Waals surface area contributed by atoms with Gasteiger partial charge in [0.15, 0.2) is 0 Å². The molecule has 5 atom stereocenters. The average Bonchev–Trinajstić information content (AvgIpc) is 3.25. The lowest BCUT2D eigenvalue weighted by Crippen LogP contribution is -2.37. The van der Waals surface area contributed by atoms with Gasteiger partial charge >= 0.3 is 18.0 Å². The zero-order valence-electron chi connectivity index (χ0n) is 26.5. The number of rotatable bonds is 14. The molecule has 0 saturated carbocycles. The Morgan fingerprint density at radius 1 is 1.17 bits per heavy atom. The molecule has 1 aromatic heterocycles. The summed E-state index contributed by atoms with van der Waals surface area (Å²) < 4.78 is 18.8. The third-order valence-corrected chi connectivity index (χ3v) is 6.50. The molecule has 0 bridgehead atoms. The number of carbonyl (C=O) groups excluding carboxylic acids is 3. The van der Waals surface area contributed by atoms with Gasteiger partial charge in [0.25, 0.3) is 0 Å². The predicted octanol–water partition coefficient (Wildman–Crippen LogP) is 5.43. The summed E-state index contributed by atoms with van der Waals surface area (Å²) in [7, 11) is 1.89. The van der Waals surface area contributed by atoms with Crippen LogP contribution in [0, 0.1) is 23.2 Å². The van der Waals surface area contributed by atoms with Crippen LogP contribution in [0.25, 0.3) is 0 Å². The lowest BCUT2D eigenvalue weighted by Gasteiger charge is -2.30. The second-order valence-corrected chi connectivity index (χ2v) is 12.3. The summed E-state index contributed by atoms with van der Waals surface area (Å²) in [5.74, 6) is -1.83. The van der Waals surface area contributed by atoms with Crippen molar-refractivity contribution in [2.45, 2.75) is 92.9 Å². The van der Waals surface area contributed by atoms with Gasteiger partial charge < -0.3 is 18.8 Å². The molecule has 1 amide bonds. The fourth-order valence-corrected chi connectivity index (χ4v) is 4.14. The van der Waals surface area contributed by atoms with E-state index in [1.807, 2.05) is 38.5 Å².